The van der Waals surface area contributed by atoms with Crippen molar-refractivity contribution < 1.29 is 14.7 Å². The molecule has 1 aromatic carbocycles. The number of carbonyl (C=O) groups is 2. The molecule has 1 atom stereocenters. The average molecular weight is 264 g/mol. The maximum Gasteiger partial charge on any atom is 0.323 e. The third kappa shape index (κ3) is 4.99. The molecule has 5 heteroatoms. The molecule has 1 rings (SSSR count). The van der Waals surface area contributed by atoms with E-state index in [-0.39, 0.29) is 18.5 Å². The Morgan fingerprint density at radius 1 is 1.32 bits per heavy atom. The van der Waals surface area contributed by atoms with Gasteiger partial charge in [0.25, 0.3) is 0 Å². The van der Waals surface area contributed by atoms with Gasteiger partial charge in [-0.2, -0.15) is 0 Å². The lowest BCUT2D eigenvalue weighted by molar-refractivity contribution is -0.137. The number of hydrogen-bond acceptors (Lipinski definition) is 2. The van der Waals surface area contributed by atoms with Crippen LogP contribution in [-0.4, -0.2) is 41.6 Å². The summed E-state index contributed by atoms with van der Waals surface area (Å²) in [6.45, 7) is 4.35. The Morgan fingerprint density at radius 2 is 1.95 bits per heavy atom. The predicted molar refractivity (Wildman–Crippen MR) is 73.1 cm³/mol. The molecule has 0 aliphatic heterocycles. The Morgan fingerprint density at radius 3 is 2.47 bits per heavy atom. The van der Waals surface area contributed by atoms with Gasteiger partial charge in [0, 0.05) is 13.1 Å². The van der Waals surface area contributed by atoms with E-state index < -0.39 is 5.97 Å². The first-order chi connectivity index (χ1) is 9.04. The molecule has 104 valence electrons. The predicted octanol–water partition coefficient (Wildman–Crippen LogP) is 1.91. The van der Waals surface area contributed by atoms with Crippen molar-refractivity contribution in [3.05, 3.63) is 35.9 Å². The number of carbonyl (C=O) groups excluding carboxylic acids is 1. The van der Waals surface area contributed by atoms with E-state index in [2.05, 4.69) is 5.32 Å². The molecule has 0 saturated heterocycles. The number of carboxylic acid groups (broad SMARTS) is 1. The second kappa shape index (κ2) is 7.41. The molecule has 0 bridgehead atoms. The first-order valence-corrected chi connectivity index (χ1v) is 6.34. The van der Waals surface area contributed by atoms with E-state index >= 15 is 0 Å². The maximum absolute atomic E-state index is 11.8. The van der Waals surface area contributed by atoms with Crippen molar-refractivity contribution in [3.8, 4) is 0 Å². The van der Waals surface area contributed by atoms with Gasteiger partial charge >= 0.3 is 12.0 Å². The van der Waals surface area contributed by atoms with Crippen LogP contribution in [0.4, 0.5) is 4.79 Å². The van der Waals surface area contributed by atoms with E-state index in [1.165, 1.54) is 4.90 Å². The topological polar surface area (TPSA) is 69.6 Å². The zero-order valence-electron chi connectivity index (χ0n) is 11.3. The van der Waals surface area contributed by atoms with Crippen molar-refractivity contribution in [2.24, 2.45) is 0 Å². The standard InChI is InChI=1S/C14H20N2O3/c1-3-16(10-13(17)18)14(19)15-9-11(2)12-7-5-4-6-8-12/h4-8,11H,3,9-10H2,1-2H3,(H,15,19)(H,17,18). The SMILES string of the molecule is CCN(CC(=O)O)C(=O)NCC(C)c1ccccc1. The Labute approximate surface area is 113 Å². The normalized spacial score (nSPS) is 11.7. The van der Waals surface area contributed by atoms with Crippen molar-refractivity contribution in [1.29, 1.82) is 0 Å². The van der Waals surface area contributed by atoms with Gasteiger partial charge in [-0.3, -0.25) is 4.79 Å². The highest BCUT2D eigenvalue weighted by Gasteiger charge is 2.15. The molecule has 0 heterocycles. The van der Waals surface area contributed by atoms with Gasteiger partial charge in [0.05, 0.1) is 0 Å². The van der Waals surface area contributed by atoms with Crippen molar-refractivity contribution in [2.45, 2.75) is 19.8 Å². The van der Waals surface area contributed by atoms with Gasteiger partial charge in [0.2, 0.25) is 0 Å². The van der Waals surface area contributed by atoms with Crippen molar-refractivity contribution >= 4 is 12.0 Å². The number of likely N-dealkylation sites (N-methyl/N-ethyl adjacent to an activating group) is 1. The van der Waals surface area contributed by atoms with Gasteiger partial charge in [-0.1, -0.05) is 37.3 Å². The summed E-state index contributed by atoms with van der Waals surface area (Å²) < 4.78 is 0. The highest BCUT2D eigenvalue weighted by molar-refractivity contribution is 5.80. The van der Waals surface area contributed by atoms with Crippen LogP contribution in [0.2, 0.25) is 0 Å². The molecular formula is C14H20N2O3. The van der Waals surface area contributed by atoms with Crippen LogP contribution >= 0.6 is 0 Å². The van der Waals surface area contributed by atoms with Gasteiger partial charge < -0.3 is 15.3 Å². The lowest BCUT2D eigenvalue weighted by Gasteiger charge is -2.21. The van der Waals surface area contributed by atoms with E-state index in [1.54, 1.807) is 6.92 Å². The molecule has 0 saturated carbocycles. The van der Waals surface area contributed by atoms with Gasteiger partial charge in [0.1, 0.15) is 6.54 Å². The molecule has 2 N–H and O–H groups in total. The summed E-state index contributed by atoms with van der Waals surface area (Å²) in [6.07, 6.45) is 0. The van der Waals surface area contributed by atoms with Crippen LogP contribution in [0.3, 0.4) is 0 Å². The van der Waals surface area contributed by atoms with Crippen LogP contribution in [0, 0.1) is 0 Å². The summed E-state index contributed by atoms with van der Waals surface area (Å²) in [4.78, 5) is 23.7. The minimum Gasteiger partial charge on any atom is -0.480 e. The Bertz CT molecular complexity index is 420. The molecule has 0 radical (unpaired) electrons. The van der Waals surface area contributed by atoms with Gasteiger partial charge in [-0.15, -0.1) is 0 Å². The third-order valence-electron chi connectivity index (χ3n) is 2.92. The number of benzene rings is 1. The van der Waals surface area contributed by atoms with E-state index in [9.17, 15) is 9.59 Å². The van der Waals surface area contributed by atoms with E-state index in [1.807, 2.05) is 37.3 Å². The van der Waals surface area contributed by atoms with Crippen LogP contribution in [-0.2, 0) is 4.79 Å². The van der Waals surface area contributed by atoms with Gasteiger partial charge in [-0.05, 0) is 18.4 Å². The summed E-state index contributed by atoms with van der Waals surface area (Å²) >= 11 is 0. The van der Waals surface area contributed by atoms with Crippen LogP contribution in [0.25, 0.3) is 0 Å². The number of hydrogen-bond donors (Lipinski definition) is 2. The van der Waals surface area contributed by atoms with Crippen LogP contribution < -0.4 is 5.32 Å². The quantitative estimate of drug-likeness (QED) is 0.824. The number of carboxylic acids is 1. The second-order valence-corrected chi connectivity index (χ2v) is 4.41. The van der Waals surface area contributed by atoms with Crippen molar-refractivity contribution in [1.82, 2.24) is 10.2 Å². The fraction of sp³-hybridized carbons (Fsp3) is 0.429. The molecular weight excluding hydrogens is 244 g/mol. The Kier molecular flexibility index (Phi) is 5.85. The summed E-state index contributed by atoms with van der Waals surface area (Å²) in [7, 11) is 0. The third-order valence-corrected chi connectivity index (χ3v) is 2.92. The monoisotopic (exact) mass is 264 g/mol. The van der Waals surface area contributed by atoms with E-state index in [4.69, 9.17) is 5.11 Å². The van der Waals surface area contributed by atoms with Crippen LogP contribution in [0.1, 0.15) is 25.3 Å². The highest BCUT2D eigenvalue weighted by atomic mass is 16.4. The molecule has 0 aliphatic carbocycles. The average Bonchev–Trinajstić information content (AvgIpc) is 2.42. The largest absolute Gasteiger partial charge is 0.480 e. The first kappa shape index (κ1) is 15.0. The lowest BCUT2D eigenvalue weighted by Crippen LogP contribution is -2.43. The zero-order chi connectivity index (χ0) is 14.3. The van der Waals surface area contributed by atoms with Crippen molar-refractivity contribution in [3.63, 3.8) is 0 Å². The van der Waals surface area contributed by atoms with Gasteiger partial charge in [0.15, 0.2) is 0 Å². The first-order valence-electron chi connectivity index (χ1n) is 6.34. The number of nitrogens with zero attached hydrogens (tertiary/aromatic N) is 1. The molecule has 0 aliphatic rings. The number of nitrogens with one attached hydrogen (secondary N) is 1. The Hall–Kier alpha value is -2.04. The molecule has 1 unspecified atom stereocenters. The number of urea groups is 1. The van der Waals surface area contributed by atoms with Gasteiger partial charge in [-0.25, -0.2) is 4.79 Å². The number of rotatable bonds is 6. The molecule has 5 nitrogen and oxygen atoms in total. The highest BCUT2D eigenvalue weighted by Crippen LogP contribution is 2.13. The van der Waals surface area contributed by atoms with Crippen LogP contribution in [0.15, 0.2) is 30.3 Å². The molecule has 2 amide bonds. The fourth-order valence-corrected chi connectivity index (χ4v) is 1.74. The fourth-order valence-electron chi connectivity index (χ4n) is 1.74. The maximum atomic E-state index is 11.8. The minimum absolute atomic E-state index is 0.189. The second-order valence-electron chi connectivity index (χ2n) is 4.41. The minimum atomic E-state index is -1.01. The molecule has 0 aromatic heterocycles. The Balaban J connectivity index is 2.47. The lowest BCUT2D eigenvalue weighted by atomic mass is 10.0. The molecule has 1 aromatic rings. The number of amides is 2. The van der Waals surface area contributed by atoms with E-state index in [0.717, 1.165) is 5.56 Å². The summed E-state index contributed by atoms with van der Waals surface area (Å²) in [5.74, 6) is -0.818. The summed E-state index contributed by atoms with van der Waals surface area (Å²) in [5.41, 5.74) is 1.14. The van der Waals surface area contributed by atoms with E-state index in [0.29, 0.717) is 13.1 Å². The summed E-state index contributed by atoms with van der Waals surface area (Å²) in [6, 6.07) is 9.53. The summed E-state index contributed by atoms with van der Waals surface area (Å²) in [5, 5.41) is 11.5. The smallest absolute Gasteiger partial charge is 0.323 e. The molecule has 0 fully saturated rings. The zero-order valence-corrected chi connectivity index (χ0v) is 11.3. The molecule has 0 spiro atoms. The molecule has 19 heavy (non-hydrogen) atoms. The number of aliphatic carboxylic acids is 1. The van der Waals surface area contributed by atoms with Crippen LogP contribution in [0.5, 0.6) is 0 Å². The van der Waals surface area contributed by atoms with Crippen molar-refractivity contribution in [2.75, 3.05) is 19.6 Å².